The Kier molecular flexibility index (Phi) is 4.37. The fraction of sp³-hybridized carbons (Fsp3) is 0.0417. The number of anilines is 1. The van der Waals surface area contributed by atoms with E-state index in [0.29, 0.717) is 23.0 Å². The van der Waals surface area contributed by atoms with Crippen LogP contribution in [0.5, 0.6) is 0 Å². The van der Waals surface area contributed by atoms with Crippen molar-refractivity contribution >= 4 is 22.8 Å². The molecule has 0 atom stereocenters. The van der Waals surface area contributed by atoms with E-state index in [1.54, 1.807) is 18.5 Å². The van der Waals surface area contributed by atoms with E-state index in [1.165, 1.54) is 5.56 Å². The van der Waals surface area contributed by atoms with Crippen molar-refractivity contribution < 1.29 is 9.21 Å². The van der Waals surface area contributed by atoms with Crippen LogP contribution in [0.15, 0.2) is 83.6 Å². The van der Waals surface area contributed by atoms with Crippen LogP contribution in [0.1, 0.15) is 15.9 Å². The van der Waals surface area contributed by atoms with E-state index in [9.17, 15) is 4.79 Å². The molecule has 0 aliphatic rings. The highest BCUT2D eigenvalue weighted by molar-refractivity contribution is 6.12. The van der Waals surface area contributed by atoms with Gasteiger partial charge in [0.25, 0.3) is 5.91 Å². The standard InChI is InChI=1S/C24H18N4O2/c1-15-8-10-16(11-9-15)20-13-18(17-5-2-3-6-19(17)26-20)23(29)28-24-25-14-21(27-24)22-7-4-12-30-22/h2-14H,1H3,(H2,25,27,28,29). The molecule has 3 heterocycles. The van der Waals surface area contributed by atoms with Gasteiger partial charge in [0, 0.05) is 10.9 Å². The first-order valence-electron chi connectivity index (χ1n) is 9.54. The highest BCUT2D eigenvalue weighted by Gasteiger charge is 2.16. The third-order valence-corrected chi connectivity index (χ3v) is 4.90. The molecule has 0 saturated heterocycles. The maximum atomic E-state index is 13.1. The number of aromatic nitrogens is 3. The second-order valence-corrected chi connectivity index (χ2v) is 7.02. The number of aromatic amines is 1. The van der Waals surface area contributed by atoms with Gasteiger partial charge in [-0.1, -0.05) is 48.0 Å². The van der Waals surface area contributed by atoms with Crippen molar-refractivity contribution in [3.8, 4) is 22.7 Å². The first-order valence-corrected chi connectivity index (χ1v) is 9.54. The van der Waals surface area contributed by atoms with Crippen LogP contribution in [-0.2, 0) is 0 Å². The summed E-state index contributed by atoms with van der Waals surface area (Å²) in [5.74, 6) is 0.741. The van der Waals surface area contributed by atoms with Crippen LogP contribution in [0, 0.1) is 6.92 Å². The molecule has 0 spiro atoms. The number of pyridine rings is 1. The second-order valence-electron chi connectivity index (χ2n) is 7.02. The summed E-state index contributed by atoms with van der Waals surface area (Å²) in [6.07, 6.45) is 3.21. The van der Waals surface area contributed by atoms with Crippen LogP contribution >= 0.6 is 0 Å². The summed E-state index contributed by atoms with van der Waals surface area (Å²) >= 11 is 0. The molecule has 6 nitrogen and oxygen atoms in total. The summed E-state index contributed by atoms with van der Waals surface area (Å²) < 4.78 is 5.36. The topological polar surface area (TPSA) is 83.8 Å². The Labute approximate surface area is 172 Å². The number of benzene rings is 2. The van der Waals surface area contributed by atoms with Gasteiger partial charge in [0.15, 0.2) is 5.76 Å². The molecule has 5 aromatic rings. The molecule has 0 radical (unpaired) electrons. The molecule has 3 aromatic heterocycles. The minimum Gasteiger partial charge on any atom is -0.463 e. The van der Waals surface area contributed by atoms with Gasteiger partial charge in [-0.25, -0.2) is 9.97 Å². The molecule has 2 N–H and O–H groups in total. The van der Waals surface area contributed by atoms with Gasteiger partial charge in [0.1, 0.15) is 5.69 Å². The van der Waals surface area contributed by atoms with Crippen LogP contribution in [-0.4, -0.2) is 20.9 Å². The van der Waals surface area contributed by atoms with Crippen LogP contribution < -0.4 is 5.32 Å². The van der Waals surface area contributed by atoms with Gasteiger partial charge >= 0.3 is 0 Å². The van der Waals surface area contributed by atoms with Crippen LogP contribution in [0.4, 0.5) is 5.95 Å². The third-order valence-electron chi connectivity index (χ3n) is 4.90. The van der Waals surface area contributed by atoms with Gasteiger partial charge in [-0.2, -0.15) is 0 Å². The molecular formula is C24H18N4O2. The molecule has 0 unspecified atom stereocenters. The Hall–Kier alpha value is -4.19. The third kappa shape index (κ3) is 3.35. The number of fused-ring (bicyclic) bond motifs is 1. The molecule has 6 heteroatoms. The number of amides is 1. The zero-order chi connectivity index (χ0) is 20.5. The Bertz CT molecular complexity index is 1340. The maximum Gasteiger partial charge on any atom is 0.258 e. The lowest BCUT2D eigenvalue weighted by atomic mass is 10.0. The van der Waals surface area contributed by atoms with Crippen LogP contribution in [0.3, 0.4) is 0 Å². The van der Waals surface area contributed by atoms with Crippen molar-refractivity contribution in [1.82, 2.24) is 15.0 Å². The van der Waals surface area contributed by atoms with E-state index >= 15 is 0 Å². The van der Waals surface area contributed by atoms with E-state index in [2.05, 4.69) is 15.3 Å². The van der Waals surface area contributed by atoms with E-state index in [-0.39, 0.29) is 5.91 Å². The first kappa shape index (κ1) is 17.9. The zero-order valence-electron chi connectivity index (χ0n) is 16.2. The predicted molar refractivity (Wildman–Crippen MR) is 116 cm³/mol. The molecule has 30 heavy (non-hydrogen) atoms. The normalized spacial score (nSPS) is 11.0. The summed E-state index contributed by atoms with van der Waals surface area (Å²) in [6.45, 7) is 2.04. The van der Waals surface area contributed by atoms with Crippen molar-refractivity contribution in [2.75, 3.05) is 5.32 Å². The Morgan fingerprint density at radius 3 is 2.67 bits per heavy atom. The Morgan fingerprint density at radius 2 is 1.87 bits per heavy atom. The summed E-state index contributed by atoms with van der Waals surface area (Å²) in [7, 11) is 0. The summed E-state index contributed by atoms with van der Waals surface area (Å²) in [5.41, 5.74) is 4.86. The fourth-order valence-corrected chi connectivity index (χ4v) is 3.35. The van der Waals surface area contributed by atoms with Gasteiger partial charge in [0.2, 0.25) is 5.95 Å². The highest BCUT2D eigenvalue weighted by atomic mass is 16.3. The molecular weight excluding hydrogens is 376 g/mol. The molecule has 0 bridgehead atoms. The second kappa shape index (κ2) is 7.33. The van der Waals surface area contributed by atoms with Crippen molar-refractivity contribution in [3.63, 3.8) is 0 Å². The summed E-state index contributed by atoms with van der Waals surface area (Å²) in [4.78, 5) is 25.2. The molecule has 146 valence electrons. The average Bonchev–Trinajstić information content (AvgIpc) is 3.45. The number of H-pyrrole nitrogens is 1. The molecule has 0 aliphatic heterocycles. The van der Waals surface area contributed by atoms with Crippen LogP contribution in [0.2, 0.25) is 0 Å². The van der Waals surface area contributed by atoms with Gasteiger partial charge in [-0.05, 0) is 31.2 Å². The minimum absolute atomic E-state index is 0.262. The van der Waals surface area contributed by atoms with Crippen molar-refractivity contribution in [2.45, 2.75) is 6.92 Å². The molecule has 0 fully saturated rings. The number of imidazole rings is 1. The lowest BCUT2D eigenvalue weighted by Gasteiger charge is -2.10. The van der Waals surface area contributed by atoms with Crippen molar-refractivity contribution in [1.29, 1.82) is 0 Å². The SMILES string of the molecule is Cc1ccc(-c2cc(C(=O)Nc3ncc(-c4ccco4)[nH]3)c3ccccc3n2)cc1. The molecule has 0 saturated carbocycles. The van der Waals surface area contributed by atoms with E-state index in [4.69, 9.17) is 9.40 Å². The first-order chi connectivity index (χ1) is 14.7. The molecule has 2 aromatic carbocycles. The van der Waals surface area contributed by atoms with Crippen molar-refractivity contribution in [3.05, 3.63) is 90.3 Å². The monoisotopic (exact) mass is 394 g/mol. The van der Waals surface area contributed by atoms with Gasteiger partial charge in [0.05, 0.1) is 29.2 Å². The van der Waals surface area contributed by atoms with E-state index in [1.807, 2.05) is 67.6 Å². The average molecular weight is 394 g/mol. The number of nitrogens with zero attached hydrogens (tertiary/aromatic N) is 2. The number of carbonyl (C=O) groups is 1. The van der Waals surface area contributed by atoms with Gasteiger partial charge < -0.3 is 9.40 Å². The lowest BCUT2D eigenvalue weighted by molar-refractivity contribution is 0.102. The number of rotatable bonds is 4. The van der Waals surface area contributed by atoms with E-state index in [0.717, 1.165) is 22.2 Å². The smallest absolute Gasteiger partial charge is 0.258 e. The highest BCUT2D eigenvalue weighted by Crippen LogP contribution is 2.26. The minimum atomic E-state index is -0.262. The molecule has 0 aliphatic carbocycles. The Balaban J connectivity index is 1.52. The molecule has 5 rings (SSSR count). The number of nitrogens with one attached hydrogen (secondary N) is 2. The van der Waals surface area contributed by atoms with Crippen molar-refractivity contribution in [2.24, 2.45) is 0 Å². The fourth-order valence-electron chi connectivity index (χ4n) is 3.35. The quantitative estimate of drug-likeness (QED) is 0.425. The molecule has 1 amide bonds. The summed E-state index contributed by atoms with van der Waals surface area (Å²) in [5, 5.41) is 3.63. The number of hydrogen-bond acceptors (Lipinski definition) is 4. The number of carbonyl (C=O) groups excluding carboxylic acids is 1. The number of aryl methyl sites for hydroxylation is 1. The number of hydrogen-bond donors (Lipinski definition) is 2. The Morgan fingerprint density at radius 1 is 1.03 bits per heavy atom. The largest absolute Gasteiger partial charge is 0.463 e. The summed E-state index contributed by atoms with van der Waals surface area (Å²) in [6, 6.07) is 21.1. The number of para-hydroxylation sites is 1. The number of furan rings is 1. The van der Waals surface area contributed by atoms with Crippen LogP contribution in [0.25, 0.3) is 33.6 Å². The lowest BCUT2D eigenvalue weighted by Crippen LogP contribution is -2.14. The maximum absolute atomic E-state index is 13.1. The zero-order valence-corrected chi connectivity index (χ0v) is 16.2. The van der Waals surface area contributed by atoms with E-state index < -0.39 is 0 Å². The predicted octanol–water partition coefficient (Wildman–Crippen LogP) is 5.45. The van der Waals surface area contributed by atoms with Gasteiger partial charge in [-0.3, -0.25) is 10.1 Å². The van der Waals surface area contributed by atoms with Gasteiger partial charge in [-0.15, -0.1) is 0 Å².